The zero-order chi connectivity index (χ0) is 13.7. The molecule has 18 heavy (non-hydrogen) atoms. The molecule has 0 spiro atoms. The van der Waals surface area contributed by atoms with Crippen molar-refractivity contribution in [2.45, 2.75) is 19.4 Å². The van der Waals surface area contributed by atoms with Gasteiger partial charge in [-0.1, -0.05) is 15.9 Å². The summed E-state index contributed by atoms with van der Waals surface area (Å²) in [4.78, 5) is 12.9. The normalized spacial score (nSPS) is 12.1. The van der Waals surface area contributed by atoms with Crippen molar-refractivity contribution in [2.24, 2.45) is 5.73 Å². The number of hydrogen-bond acceptors (Lipinski definition) is 3. The van der Waals surface area contributed by atoms with Crippen LogP contribution in [0.2, 0.25) is 0 Å². The summed E-state index contributed by atoms with van der Waals surface area (Å²) < 4.78 is 6.46. The van der Waals surface area contributed by atoms with Gasteiger partial charge in [0.2, 0.25) is 0 Å². The fraction of sp³-hybridized carbons (Fsp3) is 0.462. The summed E-state index contributed by atoms with van der Waals surface area (Å²) in [6, 6.07) is 5.74. The maximum Gasteiger partial charge on any atom is 0.259 e. The molecule has 1 aromatic carbocycles. The molecule has 0 aliphatic rings. The molecule has 1 amide bonds. The summed E-state index contributed by atoms with van der Waals surface area (Å²) in [6.45, 7) is 2.00. The van der Waals surface area contributed by atoms with Gasteiger partial charge >= 0.3 is 0 Å². The van der Waals surface area contributed by atoms with Gasteiger partial charge in [0.25, 0.3) is 5.91 Å². The molecule has 2 N–H and O–H groups in total. The Morgan fingerprint density at radius 2 is 2.17 bits per heavy atom. The molecule has 0 radical (unpaired) electrons. The number of likely N-dealkylation sites (N-methyl/N-ethyl adjacent to an activating group) is 1. The second-order valence-corrected chi connectivity index (χ2v) is 5.37. The highest BCUT2D eigenvalue weighted by Gasteiger charge is 2.08. The summed E-state index contributed by atoms with van der Waals surface area (Å²) in [6.07, 6.45) is 0.763. The minimum atomic E-state index is -0.0633. The van der Waals surface area contributed by atoms with E-state index in [1.165, 1.54) is 4.90 Å². The first-order valence-electron chi connectivity index (χ1n) is 5.77. The van der Waals surface area contributed by atoms with Crippen molar-refractivity contribution in [2.75, 3.05) is 20.7 Å². The van der Waals surface area contributed by atoms with Crippen LogP contribution in [0.5, 0.6) is 5.75 Å². The first-order chi connectivity index (χ1) is 8.40. The van der Waals surface area contributed by atoms with Crippen LogP contribution in [0.4, 0.5) is 0 Å². The molecular formula is C13H19BrN2O2. The van der Waals surface area contributed by atoms with Gasteiger partial charge in [0.1, 0.15) is 5.75 Å². The molecule has 0 fully saturated rings. The molecule has 0 saturated carbocycles. The van der Waals surface area contributed by atoms with E-state index >= 15 is 0 Å². The fourth-order valence-electron chi connectivity index (χ4n) is 1.42. The molecule has 0 heterocycles. The van der Waals surface area contributed by atoms with Crippen molar-refractivity contribution in [1.29, 1.82) is 0 Å². The summed E-state index contributed by atoms with van der Waals surface area (Å²) in [5.74, 6) is 0.621. The zero-order valence-electron chi connectivity index (χ0n) is 10.9. The van der Waals surface area contributed by atoms with Crippen molar-refractivity contribution in [3.05, 3.63) is 28.2 Å². The smallest absolute Gasteiger partial charge is 0.259 e. The average molecular weight is 315 g/mol. The van der Waals surface area contributed by atoms with Gasteiger partial charge in [-0.25, -0.2) is 0 Å². The van der Waals surface area contributed by atoms with Crippen molar-refractivity contribution in [3.8, 4) is 5.75 Å². The number of carbonyl (C=O) groups is 1. The number of benzene rings is 1. The quantitative estimate of drug-likeness (QED) is 0.901. The van der Waals surface area contributed by atoms with Crippen LogP contribution in [-0.2, 0) is 11.2 Å². The van der Waals surface area contributed by atoms with Gasteiger partial charge in [0.15, 0.2) is 6.61 Å². The number of amides is 1. The number of carbonyl (C=O) groups excluding carboxylic acids is 1. The number of hydrogen-bond donors (Lipinski definition) is 1. The Morgan fingerprint density at radius 1 is 1.50 bits per heavy atom. The van der Waals surface area contributed by atoms with Crippen LogP contribution in [0, 0.1) is 0 Å². The van der Waals surface area contributed by atoms with Crippen molar-refractivity contribution in [1.82, 2.24) is 4.90 Å². The van der Waals surface area contributed by atoms with Crippen LogP contribution < -0.4 is 10.5 Å². The van der Waals surface area contributed by atoms with Crippen LogP contribution in [0.3, 0.4) is 0 Å². The number of nitrogens with two attached hydrogens (primary N) is 1. The number of ether oxygens (including phenoxy) is 1. The van der Waals surface area contributed by atoms with E-state index in [9.17, 15) is 4.79 Å². The lowest BCUT2D eigenvalue weighted by molar-refractivity contribution is -0.130. The predicted octanol–water partition coefficient (Wildman–Crippen LogP) is 1.81. The first-order valence-corrected chi connectivity index (χ1v) is 6.56. The third-order valence-corrected chi connectivity index (χ3v) is 3.19. The molecular weight excluding hydrogens is 296 g/mol. The lowest BCUT2D eigenvalue weighted by Gasteiger charge is -2.13. The Bertz CT molecular complexity index is 419. The molecule has 4 nitrogen and oxygen atoms in total. The third kappa shape index (κ3) is 4.66. The van der Waals surface area contributed by atoms with Gasteiger partial charge in [-0.2, -0.15) is 0 Å². The monoisotopic (exact) mass is 314 g/mol. The van der Waals surface area contributed by atoms with Crippen molar-refractivity contribution in [3.63, 3.8) is 0 Å². The molecule has 1 rings (SSSR count). The molecule has 0 bridgehead atoms. The second kappa shape index (κ2) is 6.75. The van der Waals surface area contributed by atoms with Gasteiger partial charge in [-0.05, 0) is 37.1 Å². The lowest BCUT2D eigenvalue weighted by Crippen LogP contribution is -2.27. The largest absolute Gasteiger partial charge is 0.484 e. The molecule has 1 atom stereocenters. The standard InChI is InChI=1S/C13H19BrN2O2/c1-9(15)6-10-7-11(4-5-12(10)14)18-8-13(17)16(2)3/h4-5,7,9H,6,8,15H2,1-3H3. The second-order valence-electron chi connectivity index (χ2n) is 4.51. The maximum atomic E-state index is 11.4. The topological polar surface area (TPSA) is 55.6 Å². The van der Waals surface area contributed by atoms with Crippen LogP contribution >= 0.6 is 15.9 Å². The van der Waals surface area contributed by atoms with Gasteiger partial charge in [-0.3, -0.25) is 4.79 Å². The molecule has 0 aliphatic carbocycles. The van der Waals surface area contributed by atoms with E-state index in [0.717, 1.165) is 16.5 Å². The minimum absolute atomic E-state index is 0.0479. The SMILES string of the molecule is CC(N)Cc1cc(OCC(=O)N(C)C)ccc1Br. The Labute approximate surface area is 116 Å². The molecule has 5 heteroatoms. The van der Waals surface area contributed by atoms with Gasteiger partial charge in [0, 0.05) is 24.6 Å². The average Bonchev–Trinajstić information content (AvgIpc) is 2.28. The van der Waals surface area contributed by atoms with Crippen molar-refractivity contribution < 1.29 is 9.53 Å². The lowest BCUT2D eigenvalue weighted by atomic mass is 10.1. The first kappa shape index (κ1) is 15.0. The fourth-order valence-corrected chi connectivity index (χ4v) is 1.83. The van der Waals surface area contributed by atoms with E-state index in [1.54, 1.807) is 14.1 Å². The molecule has 0 saturated heterocycles. The molecule has 0 aromatic heterocycles. The van der Waals surface area contributed by atoms with E-state index in [4.69, 9.17) is 10.5 Å². The molecule has 1 unspecified atom stereocenters. The predicted molar refractivity (Wildman–Crippen MR) is 75.7 cm³/mol. The van der Waals surface area contributed by atoms with E-state index in [1.807, 2.05) is 25.1 Å². The highest BCUT2D eigenvalue weighted by molar-refractivity contribution is 9.10. The highest BCUT2D eigenvalue weighted by atomic mass is 79.9. The van der Waals surface area contributed by atoms with Crippen LogP contribution in [0.25, 0.3) is 0 Å². The van der Waals surface area contributed by atoms with Crippen LogP contribution in [0.1, 0.15) is 12.5 Å². The Balaban J connectivity index is 2.70. The van der Waals surface area contributed by atoms with Crippen molar-refractivity contribution >= 4 is 21.8 Å². The van der Waals surface area contributed by atoms with Gasteiger partial charge < -0.3 is 15.4 Å². The van der Waals surface area contributed by atoms with Gasteiger partial charge in [0.05, 0.1) is 0 Å². The third-order valence-electron chi connectivity index (χ3n) is 2.42. The van der Waals surface area contributed by atoms with E-state index in [-0.39, 0.29) is 18.6 Å². The van der Waals surface area contributed by atoms with Crippen LogP contribution in [0.15, 0.2) is 22.7 Å². The Hall–Kier alpha value is -1.07. The molecule has 100 valence electrons. The summed E-state index contributed by atoms with van der Waals surface area (Å²) >= 11 is 3.48. The summed E-state index contributed by atoms with van der Waals surface area (Å²) in [7, 11) is 3.41. The minimum Gasteiger partial charge on any atom is -0.484 e. The molecule has 0 aliphatic heterocycles. The Kier molecular flexibility index (Phi) is 5.62. The van der Waals surface area contributed by atoms with E-state index in [2.05, 4.69) is 15.9 Å². The maximum absolute atomic E-state index is 11.4. The van der Waals surface area contributed by atoms with E-state index in [0.29, 0.717) is 5.75 Å². The highest BCUT2D eigenvalue weighted by Crippen LogP contribution is 2.23. The number of rotatable bonds is 5. The summed E-state index contributed by atoms with van der Waals surface area (Å²) in [5.41, 5.74) is 6.87. The zero-order valence-corrected chi connectivity index (χ0v) is 12.5. The number of halogens is 1. The van der Waals surface area contributed by atoms with E-state index < -0.39 is 0 Å². The number of nitrogens with zero attached hydrogens (tertiary/aromatic N) is 1. The summed E-state index contributed by atoms with van der Waals surface area (Å²) in [5, 5.41) is 0. The van der Waals surface area contributed by atoms with Gasteiger partial charge in [-0.15, -0.1) is 0 Å². The Morgan fingerprint density at radius 3 is 2.72 bits per heavy atom. The van der Waals surface area contributed by atoms with Crippen LogP contribution in [-0.4, -0.2) is 37.6 Å². The molecule has 1 aromatic rings.